The van der Waals surface area contributed by atoms with E-state index in [4.69, 9.17) is 11.6 Å². The van der Waals surface area contributed by atoms with Crippen molar-refractivity contribution >= 4 is 29.7 Å². The third kappa shape index (κ3) is 6.40. The second-order valence-electron chi connectivity index (χ2n) is 7.75. The minimum atomic E-state index is 0. The molecule has 28 heavy (non-hydrogen) atoms. The number of halogens is 2. The van der Waals surface area contributed by atoms with Gasteiger partial charge in [0.2, 0.25) is 0 Å². The van der Waals surface area contributed by atoms with Crippen molar-refractivity contribution in [3.05, 3.63) is 64.2 Å². The first-order chi connectivity index (χ1) is 13.2. The summed E-state index contributed by atoms with van der Waals surface area (Å²) in [6.07, 6.45) is 6.31. The van der Waals surface area contributed by atoms with Crippen LogP contribution in [0.25, 0.3) is 0 Å². The molecule has 1 saturated heterocycles. The molecule has 0 bridgehead atoms. The van der Waals surface area contributed by atoms with Crippen molar-refractivity contribution in [2.75, 3.05) is 37.6 Å². The molecule has 0 atom stereocenters. The van der Waals surface area contributed by atoms with Gasteiger partial charge < -0.3 is 4.90 Å². The van der Waals surface area contributed by atoms with E-state index >= 15 is 0 Å². The number of rotatable bonds is 8. The molecular weight excluding hydrogens is 387 g/mol. The smallest absolute Gasteiger partial charge is 0.0639 e. The summed E-state index contributed by atoms with van der Waals surface area (Å²) in [4.78, 5) is 5.00. The summed E-state index contributed by atoms with van der Waals surface area (Å²) < 4.78 is 0. The van der Waals surface area contributed by atoms with Crippen LogP contribution in [0, 0.1) is 6.92 Å². The molecule has 3 rings (SSSR count). The molecule has 0 aromatic heterocycles. The van der Waals surface area contributed by atoms with Crippen LogP contribution >= 0.6 is 24.0 Å². The van der Waals surface area contributed by atoms with E-state index in [9.17, 15) is 0 Å². The van der Waals surface area contributed by atoms with Crippen molar-refractivity contribution in [3.63, 3.8) is 0 Å². The van der Waals surface area contributed by atoms with Crippen LogP contribution in [-0.4, -0.2) is 37.6 Å². The molecule has 1 aliphatic rings. The van der Waals surface area contributed by atoms with Gasteiger partial charge in [0.05, 0.1) is 10.7 Å². The maximum absolute atomic E-state index is 6.35. The number of nitrogens with zero attached hydrogens (tertiary/aromatic N) is 2. The Morgan fingerprint density at radius 1 is 0.929 bits per heavy atom. The number of hydrogen-bond acceptors (Lipinski definition) is 2. The number of para-hydroxylation sites is 1. The Morgan fingerprint density at radius 2 is 1.68 bits per heavy atom. The number of unbranched alkanes of at least 4 members (excludes halogenated alkanes) is 2. The lowest BCUT2D eigenvalue weighted by Gasteiger charge is -2.36. The molecule has 0 spiro atoms. The predicted molar refractivity (Wildman–Crippen MR) is 125 cm³/mol. The van der Waals surface area contributed by atoms with E-state index in [1.54, 1.807) is 5.56 Å². The Kier molecular flexibility index (Phi) is 9.64. The number of benzene rings is 2. The third-order valence-corrected chi connectivity index (χ3v) is 6.06. The molecule has 0 radical (unpaired) electrons. The fraction of sp³-hybridized carbons (Fsp3) is 0.500. The fourth-order valence-corrected chi connectivity index (χ4v) is 4.18. The average Bonchev–Trinajstić information content (AvgIpc) is 2.69. The highest BCUT2D eigenvalue weighted by Gasteiger charge is 2.18. The average molecular weight is 421 g/mol. The first kappa shape index (κ1) is 23.1. The maximum atomic E-state index is 6.35. The third-order valence-electron chi connectivity index (χ3n) is 5.75. The fourth-order valence-electron chi connectivity index (χ4n) is 3.92. The van der Waals surface area contributed by atoms with Crippen LogP contribution in [0.1, 0.15) is 42.9 Å². The Bertz CT molecular complexity index is 724. The van der Waals surface area contributed by atoms with Gasteiger partial charge in [-0.25, -0.2) is 0 Å². The molecule has 154 valence electrons. The maximum Gasteiger partial charge on any atom is 0.0639 e. The van der Waals surface area contributed by atoms with Crippen molar-refractivity contribution in [1.29, 1.82) is 0 Å². The molecule has 2 nitrogen and oxygen atoms in total. The molecule has 0 amide bonds. The van der Waals surface area contributed by atoms with Gasteiger partial charge in [-0.15, -0.1) is 12.4 Å². The molecule has 2 aromatic rings. The Hall–Kier alpha value is -1.22. The lowest BCUT2D eigenvalue weighted by Crippen LogP contribution is -2.47. The van der Waals surface area contributed by atoms with Crippen molar-refractivity contribution in [1.82, 2.24) is 4.90 Å². The lowest BCUT2D eigenvalue weighted by atomic mass is 9.98. The van der Waals surface area contributed by atoms with Crippen molar-refractivity contribution in [2.45, 2.75) is 46.0 Å². The molecule has 0 N–H and O–H groups in total. The summed E-state index contributed by atoms with van der Waals surface area (Å²) >= 11 is 6.35. The van der Waals surface area contributed by atoms with Gasteiger partial charge in [-0.3, -0.25) is 4.90 Å². The zero-order valence-electron chi connectivity index (χ0n) is 17.3. The van der Waals surface area contributed by atoms with Gasteiger partial charge in [0, 0.05) is 32.7 Å². The summed E-state index contributed by atoms with van der Waals surface area (Å²) in [7, 11) is 0. The lowest BCUT2D eigenvalue weighted by molar-refractivity contribution is 0.261. The first-order valence-corrected chi connectivity index (χ1v) is 10.9. The molecule has 1 aliphatic heterocycles. The number of hydrogen-bond donors (Lipinski definition) is 0. The predicted octanol–water partition coefficient (Wildman–Crippen LogP) is 6.17. The van der Waals surface area contributed by atoms with E-state index in [1.165, 1.54) is 42.5 Å². The normalized spacial score (nSPS) is 14.8. The van der Waals surface area contributed by atoms with Gasteiger partial charge >= 0.3 is 0 Å². The van der Waals surface area contributed by atoms with E-state index in [0.717, 1.165) is 44.2 Å². The zero-order valence-corrected chi connectivity index (χ0v) is 18.9. The van der Waals surface area contributed by atoms with Crippen molar-refractivity contribution in [2.24, 2.45) is 0 Å². The second kappa shape index (κ2) is 11.7. The monoisotopic (exact) mass is 420 g/mol. The Morgan fingerprint density at radius 3 is 2.39 bits per heavy atom. The Balaban J connectivity index is 0.00000280. The SMILES string of the molecule is CCCCCc1cc(CCN2CCN(c3ccccc3Cl)CC2)ccc1C.Cl. The van der Waals surface area contributed by atoms with Crippen LogP contribution in [0.4, 0.5) is 5.69 Å². The van der Waals surface area contributed by atoms with Crippen LogP contribution in [0.15, 0.2) is 42.5 Å². The minimum absolute atomic E-state index is 0. The molecule has 1 fully saturated rings. The van der Waals surface area contributed by atoms with Crippen LogP contribution in [-0.2, 0) is 12.8 Å². The molecule has 0 saturated carbocycles. The summed E-state index contributed by atoms with van der Waals surface area (Å²) in [5.74, 6) is 0. The highest BCUT2D eigenvalue weighted by Crippen LogP contribution is 2.26. The standard InChI is InChI=1S/C24H33ClN2.ClH/c1-3-4-5-8-22-19-21(12-11-20(22)2)13-14-26-15-17-27(18-16-26)24-10-7-6-9-23(24)25;/h6-7,9-12,19H,3-5,8,13-18H2,1-2H3;1H. The van der Waals surface area contributed by atoms with E-state index in [0.29, 0.717) is 0 Å². The summed E-state index contributed by atoms with van der Waals surface area (Å²) in [6, 6.07) is 15.3. The van der Waals surface area contributed by atoms with Crippen molar-refractivity contribution in [3.8, 4) is 0 Å². The first-order valence-electron chi connectivity index (χ1n) is 10.5. The molecule has 2 aromatic carbocycles. The van der Waals surface area contributed by atoms with Gasteiger partial charge in [-0.1, -0.05) is 61.7 Å². The zero-order chi connectivity index (χ0) is 19.1. The molecular formula is C24H34Cl2N2. The topological polar surface area (TPSA) is 6.48 Å². The number of piperazine rings is 1. The highest BCUT2D eigenvalue weighted by atomic mass is 35.5. The van der Waals surface area contributed by atoms with Gasteiger partial charge in [-0.2, -0.15) is 0 Å². The van der Waals surface area contributed by atoms with Crippen molar-refractivity contribution < 1.29 is 0 Å². The molecule has 1 heterocycles. The largest absolute Gasteiger partial charge is 0.368 e. The van der Waals surface area contributed by atoms with Crippen LogP contribution < -0.4 is 4.90 Å². The number of aryl methyl sites for hydroxylation is 2. The van der Waals surface area contributed by atoms with E-state index < -0.39 is 0 Å². The van der Waals surface area contributed by atoms with Crippen LogP contribution in [0.5, 0.6) is 0 Å². The summed E-state index contributed by atoms with van der Waals surface area (Å²) in [5.41, 5.74) is 5.66. The molecule has 0 unspecified atom stereocenters. The van der Waals surface area contributed by atoms with E-state index in [1.807, 2.05) is 12.1 Å². The Labute approximate surface area is 182 Å². The van der Waals surface area contributed by atoms with Gasteiger partial charge in [0.25, 0.3) is 0 Å². The van der Waals surface area contributed by atoms with Gasteiger partial charge in [-0.05, 0) is 55.0 Å². The number of anilines is 1. The highest BCUT2D eigenvalue weighted by molar-refractivity contribution is 6.33. The van der Waals surface area contributed by atoms with Gasteiger partial charge in [0.1, 0.15) is 0 Å². The van der Waals surface area contributed by atoms with Gasteiger partial charge in [0.15, 0.2) is 0 Å². The minimum Gasteiger partial charge on any atom is -0.368 e. The van der Waals surface area contributed by atoms with E-state index in [-0.39, 0.29) is 12.4 Å². The summed E-state index contributed by atoms with van der Waals surface area (Å²) in [6.45, 7) is 10.0. The molecule has 0 aliphatic carbocycles. The van der Waals surface area contributed by atoms with Crippen LogP contribution in [0.2, 0.25) is 5.02 Å². The van der Waals surface area contributed by atoms with Crippen LogP contribution in [0.3, 0.4) is 0 Å². The van der Waals surface area contributed by atoms with E-state index in [2.05, 4.69) is 54.0 Å². The second-order valence-corrected chi connectivity index (χ2v) is 8.16. The quantitative estimate of drug-likeness (QED) is 0.471. The summed E-state index contributed by atoms with van der Waals surface area (Å²) in [5, 5.41) is 0.862. The molecule has 4 heteroatoms.